The molecule has 1 aromatic rings. The highest BCUT2D eigenvalue weighted by Crippen LogP contribution is 1.97. The first-order chi connectivity index (χ1) is 7.34. The Morgan fingerprint density at radius 3 is 2.53 bits per heavy atom. The SMILES string of the molecule is C1COCCN1.CNC(=O)c1ccco1. The van der Waals surface area contributed by atoms with Gasteiger partial charge in [-0.05, 0) is 12.1 Å². The zero-order valence-electron chi connectivity index (χ0n) is 8.79. The minimum atomic E-state index is -0.194. The molecule has 0 saturated carbocycles. The van der Waals surface area contributed by atoms with Gasteiger partial charge in [-0.3, -0.25) is 4.79 Å². The Hall–Kier alpha value is -1.33. The molecular weight excluding hydrogens is 196 g/mol. The molecule has 1 aromatic heterocycles. The quantitative estimate of drug-likeness (QED) is 0.700. The highest BCUT2D eigenvalue weighted by atomic mass is 16.5. The maximum Gasteiger partial charge on any atom is 0.286 e. The Morgan fingerprint density at radius 1 is 1.47 bits per heavy atom. The molecular formula is C10H16N2O3. The second-order valence-corrected chi connectivity index (χ2v) is 2.92. The van der Waals surface area contributed by atoms with Crippen molar-refractivity contribution in [3.63, 3.8) is 0 Å². The topological polar surface area (TPSA) is 63.5 Å². The van der Waals surface area contributed by atoms with Gasteiger partial charge in [-0.1, -0.05) is 0 Å². The molecule has 2 N–H and O–H groups in total. The van der Waals surface area contributed by atoms with E-state index in [4.69, 9.17) is 9.15 Å². The van der Waals surface area contributed by atoms with Crippen molar-refractivity contribution in [2.75, 3.05) is 33.4 Å². The number of furan rings is 1. The average molecular weight is 212 g/mol. The standard InChI is InChI=1S/C6H7NO2.C4H9NO/c1-7-6(8)5-3-2-4-9-5;1-3-6-4-2-5-1/h2-4H,1H3,(H,7,8);5H,1-4H2. The number of ether oxygens (including phenoxy) is 1. The molecule has 1 fully saturated rings. The van der Waals surface area contributed by atoms with Crippen molar-refractivity contribution in [1.82, 2.24) is 10.6 Å². The lowest BCUT2D eigenvalue weighted by molar-refractivity contribution is 0.0935. The maximum absolute atomic E-state index is 10.7. The van der Waals surface area contributed by atoms with E-state index >= 15 is 0 Å². The Balaban J connectivity index is 0.000000162. The van der Waals surface area contributed by atoms with E-state index in [-0.39, 0.29) is 5.91 Å². The van der Waals surface area contributed by atoms with Crippen LogP contribution in [0.5, 0.6) is 0 Å². The summed E-state index contributed by atoms with van der Waals surface area (Å²) in [4.78, 5) is 10.7. The van der Waals surface area contributed by atoms with E-state index in [0.29, 0.717) is 5.76 Å². The summed E-state index contributed by atoms with van der Waals surface area (Å²) in [6, 6.07) is 3.28. The fourth-order valence-electron chi connectivity index (χ4n) is 1.05. The lowest BCUT2D eigenvalue weighted by Crippen LogP contribution is -2.30. The lowest BCUT2D eigenvalue weighted by Gasteiger charge is -2.10. The van der Waals surface area contributed by atoms with Crippen LogP contribution < -0.4 is 10.6 Å². The Kier molecular flexibility index (Phi) is 5.50. The summed E-state index contributed by atoms with van der Waals surface area (Å²) in [6.07, 6.45) is 1.46. The number of hydrogen-bond donors (Lipinski definition) is 2. The third kappa shape index (κ3) is 4.62. The molecule has 5 nitrogen and oxygen atoms in total. The van der Waals surface area contributed by atoms with Gasteiger partial charge in [0.2, 0.25) is 0 Å². The second-order valence-electron chi connectivity index (χ2n) is 2.92. The summed E-state index contributed by atoms with van der Waals surface area (Å²) in [7, 11) is 1.56. The van der Waals surface area contributed by atoms with Crippen molar-refractivity contribution in [3.8, 4) is 0 Å². The first-order valence-electron chi connectivity index (χ1n) is 4.88. The van der Waals surface area contributed by atoms with Gasteiger partial charge in [0.25, 0.3) is 5.91 Å². The summed E-state index contributed by atoms with van der Waals surface area (Å²) in [5.74, 6) is 0.150. The molecule has 0 unspecified atom stereocenters. The minimum absolute atomic E-state index is 0.194. The van der Waals surface area contributed by atoms with E-state index in [9.17, 15) is 4.79 Å². The Bertz CT molecular complexity index is 257. The normalized spacial score (nSPS) is 15.0. The first-order valence-corrected chi connectivity index (χ1v) is 4.88. The number of carbonyl (C=O) groups excluding carboxylic acids is 1. The van der Waals surface area contributed by atoms with Crippen molar-refractivity contribution >= 4 is 5.91 Å². The van der Waals surface area contributed by atoms with Gasteiger partial charge in [-0.2, -0.15) is 0 Å². The van der Waals surface area contributed by atoms with E-state index < -0.39 is 0 Å². The van der Waals surface area contributed by atoms with Gasteiger partial charge in [0.1, 0.15) is 0 Å². The Labute approximate surface area is 88.8 Å². The van der Waals surface area contributed by atoms with E-state index in [0.717, 1.165) is 26.3 Å². The van der Waals surface area contributed by atoms with Crippen LogP contribution in [0.15, 0.2) is 22.8 Å². The Morgan fingerprint density at radius 2 is 2.20 bits per heavy atom. The number of morpholine rings is 1. The van der Waals surface area contributed by atoms with Crippen LogP contribution in [0.1, 0.15) is 10.6 Å². The summed E-state index contributed by atoms with van der Waals surface area (Å²) in [5.41, 5.74) is 0. The number of amides is 1. The largest absolute Gasteiger partial charge is 0.459 e. The van der Waals surface area contributed by atoms with Gasteiger partial charge < -0.3 is 19.8 Å². The first kappa shape index (κ1) is 11.7. The van der Waals surface area contributed by atoms with E-state index in [1.807, 2.05) is 0 Å². The van der Waals surface area contributed by atoms with Crippen molar-refractivity contribution in [2.24, 2.45) is 0 Å². The third-order valence-corrected chi connectivity index (χ3v) is 1.82. The summed E-state index contributed by atoms with van der Waals surface area (Å²) >= 11 is 0. The number of carbonyl (C=O) groups is 1. The second kappa shape index (κ2) is 7.03. The van der Waals surface area contributed by atoms with Gasteiger partial charge in [-0.25, -0.2) is 0 Å². The highest BCUT2D eigenvalue weighted by Gasteiger charge is 2.02. The predicted molar refractivity (Wildman–Crippen MR) is 55.8 cm³/mol. The molecule has 15 heavy (non-hydrogen) atoms. The summed E-state index contributed by atoms with van der Waals surface area (Å²) < 4.78 is 9.78. The summed E-state index contributed by atoms with van der Waals surface area (Å²) in [5, 5.41) is 5.59. The molecule has 2 rings (SSSR count). The van der Waals surface area contributed by atoms with Crippen LogP contribution in [0.4, 0.5) is 0 Å². The number of rotatable bonds is 1. The van der Waals surface area contributed by atoms with Gasteiger partial charge in [-0.15, -0.1) is 0 Å². The highest BCUT2D eigenvalue weighted by molar-refractivity contribution is 5.91. The molecule has 2 heterocycles. The van der Waals surface area contributed by atoms with Crippen LogP contribution in [-0.2, 0) is 4.74 Å². The summed E-state index contributed by atoms with van der Waals surface area (Å²) in [6.45, 7) is 3.83. The monoisotopic (exact) mass is 212 g/mol. The van der Waals surface area contributed by atoms with Crippen molar-refractivity contribution < 1.29 is 13.9 Å². The molecule has 1 aliphatic heterocycles. The van der Waals surface area contributed by atoms with Crippen molar-refractivity contribution in [2.45, 2.75) is 0 Å². The zero-order valence-corrected chi connectivity index (χ0v) is 8.79. The molecule has 0 aliphatic carbocycles. The fraction of sp³-hybridized carbons (Fsp3) is 0.500. The average Bonchev–Trinajstić information content (AvgIpc) is 2.85. The van der Waals surface area contributed by atoms with Gasteiger partial charge >= 0.3 is 0 Å². The molecule has 1 amide bonds. The minimum Gasteiger partial charge on any atom is -0.459 e. The van der Waals surface area contributed by atoms with Crippen LogP contribution in [0.3, 0.4) is 0 Å². The van der Waals surface area contributed by atoms with Gasteiger partial charge in [0, 0.05) is 20.1 Å². The lowest BCUT2D eigenvalue weighted by atomic mass is 10.4. The molecule has 0 aromatic carbocycles. The fourth-order valence-corrected chi connectivity index (χ4v) is 1.05. The number of nitrogens with one attached hydrogen (secondary N) is 2. The molecule has 0 spiro atoms. The van der Waals surface area contributed by atoms with E-state index in [1.54, 1.807) is 19.2 Å². The molecule has 1 saturated heterocycles. The molecule has 0 atom stereocenters. The predicted octanol–water partition coefficient (Wildman–Crippen LogP) is 0.245. The van der Waals surface area contributed by atoms with Gasteiger partial charge in [0.15, 0.2) is 5.76 Å². The molecule has 0 radical (unpaired) electrons. The maximum atomic E-state index is 10.7. The smallest absolute Gasteiger partial charge is 0.286 e. The van der Waals surface area contributed by atoms with Crippen molar-refractivity contribution in [1.29, 1.82) is 0 Å². The van der Waals surface area contributed by atoms with Gasteiger partial charge in [0.05, 0.1) is 19.5 Å². The van der Waals surface area contributed by atoms with Crippen LogP contribution >= 0.6 is 0 Å². The van der Waals surface area contributed by atoms with Crippen LogP contribution in [0, 0.1) is 0 Å². The molecule has 0 bridgehead atoms. The van der Waals surface area contributed by atoms with Crippen LogP contribution in [0.25, 0.3) is 0 Å². The zero-order chi connectivity index (χ0) is 10.9. The van der Waals surface area contributed by atoms with E-state index in [1.165, 1.54) is 6.26 Å². The molecule has 5 heteroatoms. The third-order valence-electron chi connectivity index (χ3n) is 1.82. The van der Waals surface area contributed by atoms with Crippen molar-refractivity contribution in [3.05, 3.63) is 24.2 Å². The molecule has 84 valence electrons. The van der Waals surface area contributed by atoms with Crippen LogP contribution in [-0.4, -0.2) is 39.3 Å². The number of hydrogen-bond acceptors (Lipinski definition) is 4. The van der Waals surface area contributed by atoms with Crippen LogP contribution in [0.2, 0.25) is 0 Å². The molecule has 1 aliphatic rings. The van der Waals surface area contributed by atoms with E-state index in [2.05, 4.69) is 10.6 Å².